The summed E-state index contributed by atoms with van der Waals surface area (Å²) in [7, 11) is 0. The molecular weight excluding hydrogens is 272 g/mol. The highest BCUT2D eigenvalue weighted by Crippen LogP contribution is 2.18. The molecule has 5 nitrogen and oxygen atoms in total. The van der Waals surface area contributed by atoms with Crippen LogP contribution >= 0.6 is 11.3 Å². The molecule has 0 spiro atoms. The maximum Gasteiger partial charge on any atom is 0.242 e. The number of carbonyl (C=O) groups is 1. The van der Waals surface area contributed by atoms with E-state index in [4.69, 9.17) is 0 Å². The van der Waals surface area contributed by atoms with Gasteiger partial charge in [0.05, 0.1) is 6.54 Å². The quantitative estimate of drug-likeness (QED) is 0.549. The van der Waals surface area contributed by atoms with E-state index >= 15 is 0 Å². The van der Waals surface area contributed by atoms with Crippen LogP contribution < -0.4 is 16.0 Å². The van der Waals surface area contributed by atoms with Crippen LogP contribution in [0.25, 0.3) is 0 Å². The number of hydrogen-bond donors (Lipinski definition) is 3. The first-order valence-electron chi connectivity index (χ1n) is 7.04. The molecule has 1 aliphatic rings. The number of hydrogen-bond acceptors (Lipinski definition) is 3. The number of aliphatic imine (C=N–C) groups is 1. The molecule has 110 valence electrons. The van der Waals surface area contributed by atoms with Crippen molar-refractivity contribution in [3.05, 3.63) is 21.9 Å². The van der Waals surface area contributed by atoms with Crippen LogP contribution in [-0.4, -0.2) is 31.0 Å². The molecule has 1 aromatic heterocycles. The summed E-state index contributed by atoms with van der Waals surface area (Å²) in [6.07, 6.45) is 2.21. The summed E-state index contributed by atoms with van der Waals surface area (Å²) in [4.78, 5) is 18.5. The Hall–Kier alpha value is -1.56. The summed E-state index contributed by atoms with van der Waals surface area (Å²) in [5.41, 5.74) is 0. The number of guanidine groups is 1. The van der Waals surface area contributed by atoms with Gasteiger partial charge in [-0.3, -0.25) is 4.79 Å². The third kappa shape index (κ3) is 5.21. The standard InChI is InChI=1S/C14H22N4OS/c1-3-15-14(16-8-12-7-4-10(2)20-12)17-9-13(19)18-11-5-6-11/h4,7,11H,3,5-6,8-9H2,1-2H3,(H,18,19)(H2,15,16,17). The van der Waals surface area contributed by atoms with Crippen molar-refractivity contribution >= 4 is 23.2 Å². The molecule has 0 bridgehead atoms. The van der Waals surface area contributed by atoms with Crippen molar-refractivity contribution in [3.63, 3.8) is 0 Å². The second kappa shape index (κ2) is 7.28. The molecule has 0 saturated heterocycles. The van der Waals surface area contributed by atoms with Crippen LogP contribution in [0, 0.1) is 6.92 Å². The fourth-order valence-electron chi connectivity index (χ4n) is 1.74. The van der Waals surface area contributed by atoms with Gasteiger partial charge in [0, 0.05) is 22.3 Å². The van der Waals surface area contributed by atoms with Crippen molar-refractivity contribution in [3.8, 4) is 0 Å². The average molecular weight is 294 g/mol. The number of nitrogens with one attached hydrogen (secondary N) is 3. The highest BCUT2D eigenvalue weighted by molar-refractivity contribution is 7.11. The number of rotatable bonds is 6. The molecule has 0 radical (unpaired) electrons. The monoisotopic (exact) mass is 294 g/mol. The molecule has 0 unspecified atom stereocenters. The predicted molar refractivity (Wildman–Crippen MR) is 83.0 cm³/mol. The van der Waals surface area contributed by atoms with Gasteiger partial charge in [0.15, 0.2) is 5.96 Å². The van der Waals surface area contributed by atoms with Crippen LogP contribution in [0.4, 0.5) is 0 Å². The molecule has 3 N–H and O–H groups in total. The zero-order chi connectivity index (χ0) is 14.4. The molecule has 0 aromatic carbocycles. The molecule has 6 heteroatoms. The molecule has 1 heterocycles. The third-order valence-corrected chi connectivity index (χ3v) is 3.89. The highest BCUT2D eigenvalue weighted by Gasteiger charge is 2.22. The van der Waals surface area contributed by atoms with Gasteiger partial charge in [0.2, 0.25) is 5.91 Å². The van der Waals surface area contributed by atoms with Crippen LogP contribution in [0.15, 0.2) is 17.1 Å². The average Bonchev–Trinajstić information content (AvgIpc) is 3.13. The van der Waals surface area contributed by atoms with E-state index < -0.39 is 0 Å². The number of aryl methyl sites for hydroxylation is 1. The van der Waals surface area contributed by atoms with Gasteiger partial charge in [0.25, 0.3) is 0 Å². The Morgan fingerprint density at radius 1 is 1.40 bits per heavy atom. The van der Waals surface area contributed by atoms with Gasteiger partial charge in [0.1, 0.15) is 6.54 Å². The number of carbonyl (C=O) groups excluding carboxylic acids is 1. The Morgan fingerprint density at radius 3 is 2.80 bits per heavy atom. The molecule has 1 amide bonds. The van der Waals surface area contributed by atoms with E-state index in [1.165, 1.54) is 9.75 Å². The highest BCUT2D eigenvalue weighted by atomic mass is 32.1. The van der Waals surface area contributed by atoms with E-state index in [9.17, 15) is 4.79 Å². The minimum atomic E-state index is -0.00308. The summed E-state index contributed by atoms with van der Waals surface area (Å²) in [5, 5.41) is 9.32. The van der Waals surface area contributed by atoms with Crippen molar-refractivity contribution in [2.75, 3.05) is 13.1 Å². The van der Waals surface area contributed by atoms with E-state index in [2.05, 4.69) is 40.0 Å². The van der Waals surface area contributed by atoms with E-state index in [1.54, 1.807) is 11.3 Å². The second-order valence-electron chi connectivity index (χ2n) is 4.90. The summed E-state index contributed by atoms with van der Waals surface area (Å²) < 4.78 is 0. The van der Waals surface area contributed by atoms with Crippen LogP contribution in [0.5, 0.6) is 0 Å². The summed E-state index contributed by atoms with van der Waals surface area (Å²) in [5.74, 6) is 0.682. The minimum absolute atomic E-state index is 0.00308. The lowest BCUT2D eigenvalue weighted by molar-refractivity contribution is -0.119. The molecule has 1 saturated carbocycles. The zero-order valence-electron chi connectivity index (χ0n) is 12.0. The van der Waals surface area contributed by atoms with Gasteiger partial charge in [-0.15, -0.1) is 11.3 Å². The first-order valence-corrected chi connectivity index (χ1v) is 7.86. The summed E-state index contributed by atoms with van der Waals surface area (Å²) >= 11 is 1.76. The fraction of sp³-hybridized carbons (Fsp3) is 0.571. The Bertz CT molecular complexity index is 479. The predicted octanol–water partition coefficient (Wildman–Crippen LogP) is 1.39. The second-order valence-corrected chi connectivity index (χ2v) is 6.28. The number of thiophene rings is 1. The molecule has 0 aliphatic heterocycles. The van der Waals surface area contributed by atoms with Crippen molar-refractivity contribution in [1.29, 1.82) is 0 Å². The van der Waals surface area contributed by atoms with Gasteiger partial charge < -0.3 is 16.0 Å². The fourth-order valence-corrected chi connectivity index (χ4v) is 2.57. The molecule has 1 aliphatic carbocycles. The first-order chi connectivity index (χ1) is 9.67. The normalized spacial score (nSPS) is 15.0. The Balaban J connectivity index is 1.79. The van der Waals surface area contributed by atoms with Gasteiger partial charge in [-0.1, -0.05) is 0 Å². The van der Waals surface area contributed by atoms with Crippen LogP contribution in [0.2, 0.25) is 0 Å². The van der Waals surface area contributed by atoms with Crippen LogP contribution in [-0.2, 0) is 11.3 Å². The van der Waals surface area contributed by atoms with Crippen molar-refractivity contribution in [2.45, 2.75) is 39.3 Å². The van der Waals surface area contributed by atoms with Gasteiger partial charge >= 0.3 is 0 Å². The third-order valence-electron chi connectivity index (χ3n) is 2.89. The Labute approximate surface area is 123 Å². The lowest BCUT2D eigenvalue weighted by Crippen LogP contribution is -2.38. The number of amides is 1. The van der Waals surface area contributed by atoms with Crippen molar-refractivity contribution in [1.82, 2.24) is 16.0 Å². The SMILES string of the molecule is CCNC(=NCC(=O)NC1CC1)NCc1ccc(C)s1. The van der Waals surface area contributed by atoms with Gasteiger partial charge in [-0.2, -0.15) is 0 Å². The maximum atomic E-state index is 11.6. The Morgan fingerprint density at radius 2 is 2.20 bits per heavy atom. The Kier molecular flexibility index (Phi) is 5.40. The molecule has 0 atom stereocenters. The van der Waals surface area contributed by atoms with E-state index in [1.807, 2.05) is 6.92 Å². The van der Waals surface area contributed by atoms with Crippen molar-refractivity contribution < 1.29 is 4.79 Å². The van der Waals surface area contributed by atoms with Crippen LogP contribution in [0.1, 0.15) is 29.5 Å². The lowest BCUT2D eigenvalue weighted by Gasteiger charge is -2.10. The van der Waals surface area contributed by atoms with Crippen LogP contribution in [0.3, 0.4) is 0 Å². The lowest BCUT2D eigenvalue weighted by atomic mass is 10.4. The topological polar surface area (TPSA) is 65.5 Å². The summed E-state index contributed by atoms with van der Waals surface area (Å²) in [6.45, 7) is 5.79. The smallest absolute Gasteiger partial charge is 0.242 e. The first kappa shape index (κ1) is 14.8. The minimum Gasteiger partial charge on any atom is -0.357 e. The zero-order valence-corrected chi connectivity index (χ0v) is 12.8. The molecule has 2 rings (SSSR count). The van der Waals surface area contributed by atoms with Gasteiger partial charge in [-0.05, 0) is 38.8 Å². The summed E-state index contributed by atoms with van der Waals surface area (Å²) in [6, 6.07) is 4.60. The molecule has 1 aromatic rings. The van der Waals surface area contributed by atoms with Crippen molar-refractivity contribution in [2.24, 2.45) is 4.99 Å². The van der Waals surface area contributed by atoms with Gasteiger partial charge in [-0.25, -0.2) is 4.99 Å². The van der Waals surface area contributed by atoms with E-state index in [0.717, 1.165) is 25.9 Å². The number of nitrogens with zero attached hydrogens (tertiary/aromatic N) is 1. The molecular formula is C14H22N4OS. The van der Waals surface area contributed by atoms with E-state index in [0.29, 0.717) is 12.0 Å². The largest absolute Gasteiger partial charge is 0.357 e. The maximum absolute atomic E-state index is 11.6. The molecule has 1 fully saturated rings. The molecule has 20 heavy (non-hydrogen) atoms. The van der Waals surface area contributed by atoms with E-state index in [-0.39, 0.29) is 12.5 Å².